The van der Waals surface area contributed by atoms with Gasteiger partial charge < -0.3 is 4.90 Å². The van der Waals surface area contributed by atoms with Crippen LogP contribution in [-0.2, 0) is 0 Å². The van der Waals surface area contributed by atoms with E-state index in [1.165, 1.54) is 0 Å². The van der Waals surface area contributed by atoms with Crippen LogP contribution in [0.4, 0.5) is 0 Å². The van der Waals surface area contributed by atoms with E-state index in [0.29, 0.717) is 13.1 Å². The van der Waals surface area contributed by atoms with Gasteiger partial charge in [0.15, 0.2) is 0 Å². The second-order valence-electron chi connectivity index (χ2n) is 4.64. The van der Waals surface area contributed by atoms with E-state index in [1.54, 1.807) is 4.90 Å². The summed E-state index contributed by atoms with van der Waals surface area (Å²) < 4.78 is 0. The van der Waals surface area contributed by atoms with Crippen LogP contribution in [0.1, 0.15) is 35.3 Å². The van der Waals surface area contributed by atoms with E-state index in [1.807, 2.05) is 45.9 Å². The predicted molar refractivity (Wildman–Crippen MR) is 72.3 cm³/mol. The van der Waals surface area contributed by atoms with Gasteiger partial charge in [-0.05, 0) is 38.8 Å². The van der Waals surface area contributed by atoms with E-state index in [9.17, 15) is 4.79 Å². The van der Waals surface area contributed by atoms with Gasteiger partial charge in [0.25, 0.3) is 5.91 Å². The van der Waals surface area contributed by atoms with Gasteiger partial charge in [0.1, 0.15) is 0 Å². The van der Waals surface area contributed by atoms with E-state index in [-0.39, 0.29) is 11.8 Å². The Morgan fingerprint density at radius 3 is 2.39 bits per heavy atom. The van der Waals surface area contributed by atoms with E-state index in [0.717, 1.165) is 16.7 Å². The Bertz CT molecular complexity index is 454. The predicted octanol–water partition coefficient (Wildman–Crippen LogP) is 2.93. The summed E-state index contributed by atoms with van der Waals surface area (Å²) in [6, 6.07) is 8.02. The van der Waals surface area contributed by atoms with Gasteiger partial charge in [-0.15, -0.1) is 0 Å². The first-order chi connectivity index (χ1) is 8.51. The second-order valence-corrected chi connectivity index (χ2v) is 4.64. The molecule has 0 spiro atoms. The van der Waals surface area contributed by atoms with Crippen LogP contribution in [0.3, 0.4) is 0 Å². The molecule has 1 amide bonds. The largest absolute Gasteiger partial charge is 0.338 e. The molecule has 1 aromatic rings. The zero-order valence-electron chi connectivity index (χ0n) is 11.5. The molecular weight excluding hydrogens is 224 g/mol. The summed E-state index contributed by atoms with van der Waals surface area (Å²) in [6.07, 6.45) is 0. The van der Waals surface area contributed by atoms with Crippen LogP contribution in [-0.4, -0.2) is 23.9 Å². The molecular formula is C15H20N2O. The van der Waals surface area contributed by atoms with Crippen molar-refractivity contribution in [1.29, 1.82) is 5.26 Å². The quantitative estimate of drug-likeness (QED) is 0.817. The summed E-state index contributed by atoms with van der Waals surface area (Å²) in [6.45, 7) is 8.78. The van der Waals surface area contributed by atoms with E-state index < -0.39 is 0 Å². The van der Waals surface area contributed by atoms with Crippen molar-refractivity contribution in [2.45, 2.75) is 27.7 Å². The summed E-state index contributed by atoms with van der Waals surface area (Å²) >= 11 is 0. The van der Waals surface area contributed by atoms with Crippen molar-refractivity contribution in [2.75, 3.05) is 13.1 Å². The highest BCUT2D eigenvalue weighted by Gasteiger charge is 2.19. The molecule has 0 N–H and O–H groups in total. The second kappa shape index (κ2) is 6.20. The van der Waals surface area contributed by atoms with Crippen molar-refractivity contribution in [1.82, 2.24) is 4.90 Å². The van der Waals surface area contributed by atoms with Crippen molar-refractivity contribution < 1.29 is 4.79 Å². The molecule has 1 unspecified atom stereocenters. The van der Waals surface area contributed by atoms with Gasteiger partial charge in [-0.3, -0.25) is 4.79 Å². The third-order valence-corrected chi connectivity index (χ3v) is 3.08. The number of rotatable bonds is 4. The normalized spacial score (nSPS) is 11.7. The average Bonchev–Trinajstić information content (AvgIpc) is 2.35. The highest BCUT2D eigenvalue weighted by atomic mass is 16.2. The van der Waals surface area contributed by atoms with Crippen LogP contribution < -0.4 is 0 Å². The van der Waals surface area contributed by atoms with Crippen molar-refractivity contribution >= 4 is 5.91 Å². The zero-order chi connectivity index (χ0) is 13.7. The SMILES string of the molecule is CCN(CC(C)C#N)C(=O)c1c(C)cccc1C. The molecule has 0 saturated heterocycles. The number of nitriles is 1. The number of carbonyl (C=O) groups is 1. The molecule has 0 heterocycles. The van der Waals surface area contributed by atoms with Crippen molar-refractivity contribution in [3.05, 3.63) is 34.9 Å². The van der Waals surface area contributed by atoms with Gasteiger partial charge in [-0.2, -0.15) is 5.26 Å². The van der Waals surface area contributed by atoms with Gasteiger partial charge in [0, 0.05) is 18.7 Å². The molecule has 0 aliphatic rings. The molecule has 18 heavy (non-hydrogen) atoms. The number of amides is 1. The fraction of sp³-hybridized carbons (Fsp3) is 0.467. The third kappa shape index (κ3) is 3.10. The van der Waals surface area contributed by atoms with E-state index in [4.69, 9.17) is 5.26 Å². The van der Waals surface area contributed by atoms with Gasteiger partial charge in [0.05, 0.1) is 12.0 Å². The Morgan fingerprint density at radius 1 is 1.39 bits per heavy atom. The van der Waals surface area contributed by atoms with Crippen molar-refractivity contribution in [2.24, 2.45) is 5.92 Å². The van der Waals surface area contributed by atoms with Crippen LogP contribution in [0, 0.1) is 31.1 Å². The van der Waals surface area contributed by atoms with Gasteiger partial charge >= 0.3 is 0 Å². The maximum absolute atomic E-state index is 12.5. The van der Waals surface area contributed by atoms with Crippen LogP contribution in [0.5, 0.6) is 0 Å². The van der Waals surface area contributed by atoms with Gasteiger partial charge in [0.2, 0.25) is 0 Å². The monoisotopic (exact) mass is 244 g/mol. The Hall–Kier alpha value is -1.82. The molecule has 1 rings (SSSR count). The van der Waals surface area contributed by atoms with E-state index in [2.05, 4.69) is 6.07 Å². The fourth-order valence-electron chi connectivity index (χ4n) is 2.04. The zero-order valence-corrected chi connectivity index (χ0v) is 11.5. The van der Waals surface area contributed by atoms with Crippen molar-refractivity contribution in [3.63, 3.8) is 0 Å². The first-order valence-electron chi connectivity index (χ1n) is 6.26. The maximum atomic E-state index is 12.5. The molecule has 3 heteroatoms. The topological polar surface area (TPSA) is 44.1 Å². The van der Waals surface area contributed by atoms with E-state index >= 15 is 0 Å². The lowest BCUT2D eigenvalue weighted by atomic mass is 10.0. The van der Waals surface area contributed by atoms with Crippen LogP contribution in [0.2, 0.25) is 0 Å². The van der Waals surface area contributed by atoms with Crippen molar-refractivity contribution in [3.8, 4) is 6.07 Å². The average molecular weight is 244 g/mol. The third-order valence-electron chi connectivity index (χ3n) is 3.08. The lowest BCUT2D eigenvalue weighted by molar-refractivity contribution is 0.0751. The minimum atomic E-state index is -0.141. The lowest BCUT2D eigenvalue weighted by Crippen LogP contribution is -2.35. The smallest absolute Gasteiger partial charge is 0.254 e. The molecule has 0 aromatic heterocycles. The highest BCUT2D eigenvalue weighted by molar-refractivity contribution is 5.97. The minimum Gasteiger partial charge on any atom is -0.338 e. The Morgan fingerprint density at radius 2 is 1.94 bits per heavy atom. The number of aryl methyl sites for hydroxylation is 2. The maximum Gasteiger partial charge on any atom is 0.254 e. The number of nitrogens with zero attached hydrogens (tertiary/aromatic N) is 2. The molecule has 1 atom stereocenters. The Labute approximate surface area is 109 Å². The van der Waals surface area contributed by atoms with Crippen LogP contribution in [0.15, 0.2) is 18.2 Å². The number of carbonyl (C=O) groups excluding carboxylic acids is 1. The molecule has 0 aliphatic heterocycles. The number of benzene rings is 1. The minimum absolute atomic E-state index is 0.0233. The van der Waals surface area contributed by atoms with Gasteiger partial charge in [-0.1, -0.05) is 18.2 Å². The molecule has 0 bridgehead atoms. The highest BCUT2D eigenvalue weighted by Crippen LogP contribution is 2.16. The molecule has 96 valence electrons. The summed E-state index contributed by atoms with van der Waals surface area (Å²) in [5.41, 5.74) is 2.75. The number of hydrogen-bond acceptors (Lipinski definition) is 2. The van der Waals surface area contributed by atoms with Crippen LogP contribution in [0.25, 0.3) is 0 Å². The summed E-state index contributed by atoms with van der Waals surface area (Å²) in [7, 11) is 0. The molecule has 0 fully saturated rings. The summed E-state index contributed by atoms with van der Waals surface area (Å²) in [4.78, 5) is 14.2. The number of hydrogen-bond donors (Lipinski definition) is 0. The molecule has 1 aromatic carbocycles. The van der Waals surface area contributed by atoms with Crippen LogP contribution >= 0.6 is 0 Å². The molecule has 3 nitrogen and oxygen atoms in total. The molecule has 0 radical (unpaired) electrons. The fourth-order valence-corrected chi connectivity index (χ4v) is 2.04. The lowest BCUT2D eigenvalue weighted by Gasteiger charge is -2.23. The molecule has 0 aliphatic carbocycles. The Kier molecular flexibility index (Phi) is 4.91. The summed E-state index contributed by atoms with van der Waals surface area (Å²) in [5, 5.41) is 8.85. The molecule has 0 saturated carbocycles. The van der Waals surface area contributed by atoms with Gasteiger partial charge in [-0.25, -0.2) is 0 Å². The Balaban J connectivity index is 3.01. The first-order valence-corrected chi connectivity index (χ1v) is 6.26. The first kappa shape index (κ1) is 14.2. The summed E-state index contributed by atoms with van der Waals surface area (Å²) in [5.74, 6) is -0.117. The standard InChI is InChI=1S/C15H20N2O/c1-5-17(10-11(2)9-16)15(18)14-12(3)7-6-8-13(14)4/h6-8,11H,5,10H2,1-4H3.